The summed E-state index contributed by atoms with van der Waals surface area (Å²) in [6, 6.07) is 7.61. The van der Waals surface area contributed by atoms with E-state index < -0.39 is 5.97 Å². The minimum Gasteiger partial charge on any atom is -0.481 e. The fraction of sp³-hybridized carbons (Fsp3) is 0.231. The first-order valence-corrected chi connectivity index (χ1v) is 6.39. The number of carboxylic acids is 1. The van der Waals surface area contributed by atoms with Crippen LogP contribution in [0.15, 0.2) is 34.9 Å². The number of nitrogens with one attached hydrogen (secondary N) is 1. The van der Waals surface area contributed by atoms with Crippen molar-refractivity contribution in [3.8, 4) is 0 Å². The number of rotatable bonds is 4. The van der Waals surface area contributed by atoms with Crippen LogP contribution < -0.4 is 5.32 Å². The van der Waals surface area contributed by atoms with Crippen molar-refractivity contribution in [2.75, 3.05) is 5.32 Å². The first-order valence-electron chi connectivity index (χ1n) is 5.59. The molecule has 5 heteroatoms. The van der Waals surface area contributed by atoms with Gasteiger partial charge in [-0.2, -0.15) is 0 Å². The topological polar surface area (TPSA) is 62.2 Å². The van der Waals surface area contributed by atoms with E-state index in [9.17, 15) is 4.79 Å². The zero-order valence-electron chi connectivity index (χ0n) is 9.85. The number of aliphatic carboxylic acids is 1. The Morgan fingerprint density at radius 2 is 2.22 bits per heavy atom. The SMILES string of the molecule is CC(CC(=O)O)Nc1nccc2c(Br)cccc12. The number of benzene rings is 1. The molecule has 0 saturated heterocycles. The molecule has 18 heavy (non-hydrogen) atoms. The molecule has 1 unspecified atom stereocenters. The number of carboxylic acid groups (broad SMARTS) is 1. The molecule has 0 aliphatic carbocycles. The maximum atomic E-state index is 10.6. The predicted octanol–water partition coefficient (Wildman–Crippen LogP) is 3.27. The van der Waals surface area contributed by atoms with Crippen molar-refractivity contribution in [1.29, 1.82) is 0 Å². The smallest absolute Gasteiger partial charge is 0.305 e. The average Bonchev–Trinajstić information content (AvgIpc) is 2.29. The van der Waals surface area contributed by atoms with Crippen molar-refractivity contribution in [3.63, 3.8) is 0 Å². The summed E-state index contributed by atoms with van der Waals surface area (Å²) in [7, 11) is 0. The van der Waals surface area contributed by atoms with Crippen molar-refractivity contribution >= 4 is 38.5 Å². The average molecular weight is 309 g/mol. The summed E-state index contributed by atoms with van der Waals surface area (Å²) in [6.45, 7) is 1.83. The molecule has 2 rings (SSSR count). The van der Waals surface area contributed by atoms with Gasteiger partial charge in [-0.1, -0.05) is 28.1 Å². The number of fused-ring (bicyclic) bond motifs is 1. The summed E-state index contributed by atoms with van der Waals surface area (Å²) in [5.41, 5.74) is 0. The lowest BCUT2D eigenvalue weighted by atomic mass is 10.1. The third-order valence-electron chi connectivity index (χ3n) is 2.62. The monoisotopic (exact) mass is 308 g/mol. The van der Waals surface area contributed by atoms with E-state index in [2.05, 4.69) is 26.2 Å². The standard InChI is InChI=1S/C13H13BrN2O2/c1-8(7-12(17)18)16-13-10-3-2-4-11(14)9(10)5-6-15-13/h2-6,8H,7H2,1H3,(H,15,16)(H,17,18). The van der Waals surface area contributed by atoms with Crippen LogP contribution in [0, 0.1) is 0 Å². The molecule has 4 nitrogen and oxygen atoms in total. The minimum atomic E-state index is -0.823. The third kappa shape index (κ3) is 2.79. The minimum absolute atomic E-state index is 0.0616. The normalized spacial score (nSPS) is 12.3. The van der Waals surface area contributed by atoms with Gasteiger partial charge in [0.15, 0.2) is 0 Å². The van der Waals surface area contributed by atoms with Gasteiger partial charge in [-0.15, -0.1) is 0 Å². The fourth-order valence-electron chi connectivity index (χ4n) is 1.83. The van der Waals surface area contributed by atoms with Crippen LogP contribution in [0.5, 0.6) is 0 Å². The molecular formula is C13H13BrN2O2. The van der Waals surface area contributed by atoms with Crippen LogP contribution in [0.25, 0.3) is 10.8 Å². The number of aromatic nitrogens is 1. The van der Waals surface area contributed by atoms with Crippen LogP contribution >= 0.6 is 15.9 Å². The van der Waals surface area contributed by atoms with E-state index in [1.807, 2.05) is 31.2 Å². The summed E-state index contributed by atoms with van der Waals surface area (Å²) in [4.78, 5) is 14.9. The van der Waals surface area contributed by atoms with Crippen LogP contribution in [0.4, 0.5) is 5.82 Å². The molecule has 1 aromatic carbocycles. The Labute approximate surface area is 113 Å². The highest BCUT2D eigenvalue weighted by molar-refractivity contribution is 9.10. The van der Waals surface area contributed by atoms with E-state index in [1.165, 1.54) is 0 Å². The van der Waals surface area contributed by atoms with Crippen molar-refractivity contribution in [3.05, 3.63) is 34.9 Å². The lowest BCUT2D eigenvalue weighted by Crippen LogP contribution is -2.20. The molecule has 2 aromatic rings. The summed E-state index contributed by atoms with van der Waals surface area (Å²) >= 11 is 3.49. The highest BCUT2D eigenvalue weighted by atomic mass is 79.9. The molecule has 94 valence electrons. The molecule has 0 spiro atoms. The predicted molar refractivity (Wildman–Crippen MR) is 74.8 cm³/mol. The van der Waals surface area contributed by atoms with Crippen LogP contribution in [0.1, 0.15) is 13.3 Å². The summed E-state index contributed by atoms with van der Waals surface area (Å²) in [5.74, 6) is -0.112. The molecule has 0 aliphatic rings. The number of hydrogen-bond acceptors (Lipinski definition) is 3. The summed E-state index contributed by atoms with van der Waals surface area (Å²) in [5, 5.41) is 13.9. The zero-order valence-corrected chi connectivity index (χ0v) is 11.4. The van der Waals surface area contributed by atoms with Crippen molar-refractivity contribution in [2.45, 2.75) is 19.4 Å². The van der Waals surface area contributed by atoms with Gasteiger partial charge in [0.25, 0.3) is 0 Å². The van der Waals surface area contributed by atoms with E-state index in [-0.39, 0.29) is 12.5 Å². The Hall–Kier alpha value is -1.62. The lowest BCUT2D eigenvalue weighted by Gasteiger charge is -2.14. The van der Waals surface area contributed by atoms with Crippen LogP contribution in [0.2, 0.25) is 0 Å². The van der Waals surface area contributed by atoms with Crippen molar-refractivity contribution in [2.24, 2.45) is 0 Å². The van der Waals surface area contributed by atoms with E-state index >= 15 is 0 Å². The molecule has 1 atom stereocenters. The van der Waals surface area contributed by atoms with Gasteiger partial charge in [0.2, 0.25) is 0 Å². The van der Waals surface area contributed by atoms with Crippen LogP contribution in [-0.2, 0) is 4.79 Å². The first kappa shape index (κ1) is 12.8. The second-order valence-corrected chi connectivity index (χ2v) is 4.99. The molecule has 0 fully saturated rings. The van der Waals surface area contributed by atoms with E-state index in [4.69, 9.17) is 5.11 Å². The number of pyridine rings is 1. The Kier molecular flexibility index (Phi) is 3.81. The largest absolute Gasteiger partial charge is 0.481 e. The van der Waals surface area contributed by atoms with Gasteiger partial charge < -0.3 is 10.4 Å². The number of carbonyl (C=O) groups is 1. The zero-order chi connectivity index (χ0) is 13.1. The van der Waals surface area contributed by atoms with Gasteiger partial charge >= 0.3 is 5.97 Å². The van der Waals surface area contributed by atoms with Crippen molar-refractivity contribution in [1.82, 2.24) is 4.98 Å². The second-order valence-electron chi connectivity index (χ2n) is 4.14. The fourth-order valence-corrected chi connectivity index (χ4v) is 2.33. The first-order chi connectivity index (χ1) is 8.58. The van der Waals surface area contributed by atoms with E-state index in [1.54, 1.807) is 6.20 Å². The van der Waals surface area contributed by atoms with Gasteiger partial charge in [0.1, 0.15) is 5.82 Å². The molecule has 2 N–H and O–H groups in total. The molecule has 1 heterocycles. The van der Waals surface area contributed by atoms with E-state index in [0.717, 1.165) is 15.2 Å². The van der Waals surface area contributed by atoms with Gasteiger partial charge in [0, 0.05) is 27.5 Å². The maximum Gasteiger partial charge on any atom is 0.305 e. The number of anilines is 1. The molecule has 0 amide bonds. The van der Waals surface area contributed by atoms with E-state index in [0.29, 0.717) is 5.82 Å². The Morgan fingerprint density at radius 1 is 1.44 bits per heavy atom. The number of hydrogen-bond donors (Lipinski definition) is 2. The Bertz CT molecular complexity index is 586. The molecule has 0 aliphatic heterocycles. The second kappa shape index (κ2) is 5.35. The maximum absolute atomic E-state index is 10.6. The molecule has 0 bridgehead atoms. The molecule has 0 saturated carbocycles. The number of nitrogens with zero attached hydrogens (tertiary/aromatic N) is 1. The quantitative estimate of drug-likeness (QED) is 0.910. The Morgan fingerprint density at radius 3 is 2.94 bits per heavy atom. The lowest BCUT2D eigenvalue weighted by molar-refractivity contribution is -0.137. The van der Waals surface area contributed by atoms with Gasteiger partial charge in [-0.3, -0.25) is 4.79 Å². The van der Waals surface area contributed by atoms with Crippen LogP contribution in [0.3, 0.4) is 0 Å². The van der Waals surface area contributed by atoms with Crippen molar-refractivity contribution < 1.29 is 9.90 Å². The third-order valence-corrected chi connectivity index (χ3v) is 3.31. The molecule has 1 aromatic heterocycles. The molecular weight excluding hydrogens is 296 g/mol. The highest BCUT2D eigenvalue weighted by Gasteiger charge is 2.10. The highest BCUT2D eigenvalue weighted by Crippen LogP contribution is 2.27. The Balaban J connectivity index is 2.34. The van der Waals surface area contributed by atoms with Gasteiger partial charge in [-0.05, 0) is 19.1 Å². The summed E-state index contributed by atoms with van der Waals surface area (Å²) in [6.07, 6.45) is 1.77. The van der Waals surface area contributed by atoms with Gasteiger partial charge in [0.05, 0.1) is 6.42 Å². The summed E-state index contributed by atoms with van der Waals surface area (Å²) < 4.78 is 0.997. The number of halogens is 1. The van der Waals surface area contributed by atoms with Gasteiger partial charge in [-0.25, -0.2) is 4.98 Å². The molecule has 0 radical (unpaired) electrons. The van der Waals surface area contributed by atoms with Crippen LogP contribution in [-0.4, -0.2) is 22.1 Å².